The van der Waals surface area contributed by atoms with Crippen molar-refractivity contribution in [2.75, 3.05) is 0 Å². The number of amides is 2. The van der Waals surface area contributed by atoms with E-state index in [1.165, 1.54) is 22.9 Å². The molecule has 0 unspecified atom stereocenters. The van der Waals surface area contributed by atoms with E-state index in [1.54, 1.807) is 37.3 Å². The maximum absolute atomic E-state index is 12.9. The van der Waals surface area contributed by atoms with Crippen LogP contribution in [-0.2, 0) is 22.2 Å². The number of nitrogens with zero attached hydrogens (tertiary/aromatic N) is 2. The van der Waals surface area contributed by atoms with Gasteiger partial charge in [-0.15, -0.1) is 0 Å². The summed E-state index contributed by atoms with van der Waals surface area (Å²) in [6.07, 6.45) is -4.47. The van der Waals surface area contributed by atoms with E-state index >= 15 is 0 Å². The number of carbonyl (C=O) groups is 3. The van der Waals surface area contributed by atoms with Crippen LogP contribution >= 0.6 is 0 Å². The molecular formula is C22H19F3N4O3. The standard InChI is InChI=1S/C22H19F3N4O3/c1-13-11-18(29(28-13)16-9-7-15(8-10-16)22(23,24)25)21(32)27-17(19(30)20(26)31)12-14-5-3-2-4-6-14/h2-11,17H,12H2,1H3,(H2,26,31)(H,27,32)/t17-/m0/s1. The molecule has 7 nitrogen and oxygen atoms in total. The van der Waals surface area contributed by atoms with E-state index in [9.17, 15) is 27.6 Å². The Morgan fingerprint density at radius 3 is 2.25 bits per heavy atom. The Morgan fingerprint density at radius 2 is 1.69 bits per heavy atom. The highest BCUT2D eigenvalue weighted by Crippen LogP contribution is 2.29. The van der Waals surface area contributed by atoms with Gasteiger partial charge in [-0.2, -0.15) is 18.3 Å². The second-order valence-corrected chi connectivity index (χ2v) is 7.07. The van der Waals surface area contributed by atoms with E-state index in [0.29, 0.717) is 11.3 Å². The fraction of sp³-hybridized carbons (Fsp3) is 0.182. The zero-order chi connectivity index (χ0) is 23.5. The van der Waals surface area contributed by atoms with Crippen molar-refractivity contribution in [3.63, 3.8) is 0 Å². The lowest BCUT2D eigenvalue weighted by Gasteiger charge is -2.17. The molecule has 0 aliphatic carbocycles. The maximum Gasteiger partial charge on any atom is 0.416 e. The molecule has 0 saturated heterocycles. The monoisotopic (exact) mass is 444 g/mol. The average molecular weight is 444 g/mol. The van der Waals surface area contributed by atoms with Gasteiger partial charge in [0.25, 0.3) is 11.8 Å². The Kier molecular flexibility index (Phi) is 6.42. The second kappa shape index (κ2) is 9.04. The predicted molar refractivity (Wildman–Crippen MR) is 109 cm³/mol. The van der Waals surface area contributed by atoms with E-state index in [-0.39, 0.29) is 17.8 Å². The zero-order valence-corrected chi connectivity index (χ0v) is 16.9. The number of ketones is 1. The molecule has 0 bridgehead atoms. The molecule has 0 saturated carbocycles. The fourth-order valence-corrected chi connectivity index (χ4v) is 3.11. The molecule has 3 aromatic rings. The first-order valence-electron chi connectivity index (χ1n) is 9.49. The minimum atomic E-state index is -4.50. The highest BCUT2D eigenvalue weighted by atomic mass is 19.4. The Morgan fingerprint density at radius 1 is 1.06 bits per heavy atom. The lowest BCUT2D eigenvalue weighted by molar-refractivity contribution is -0.137. The minimum Gasteiger partial charge on any atom is -0.363 e. The zero-order valence-electron chi connectivity index (χ0n) is 16.9. The smallest absolute Gasteiger partial charge is 0.363 e. The Balaban J connectivity index is 1.89. The first-order valence-corrected chi connectivity index (χ1v) is 9.49. The number of carbonyl (C=O) groups excluding carboxylic acids is 3. The summed E-state index contributed by atoms with van der Waals surface area (Å²) in [6, 6.07) is 13.0. The first-order chi connectivity index (χ1) is 15.1. The van der Waals surface area contributed by atoms with Gasteiger partial charge in [0.15, 0.2) is 0 Å². The molecule has 10 heteroatoms. The van der Waals surface area contributed by atoms with Crippen LogP contribution in [0, 0.1) is 6.92 Å². The molecule has 1 heterocycles. The third kappa shape index (κ3) is 5.20. The van der Waals surface area contributed by atoms with Crippen LogP contribution in [0.3, 0.4) is 0 Å². The van der Waals surface area contributed by atoms with Crippen molar-refractivity contribution in [3.05, 3.63) is 83.2 Å². The number of hydrogen-bond donors (Lipinski definition) is 2. The Labute approximate surface area is 181 Å². The van der Waals surface area contributed by atoms with Gasteiger partial charge in [0.05, 0.1) is 16.9 Å². The van der Waals surface area contributed by atoms with E-state index in [0.717, 1.165) is 12.1 Å². The van der Waals surface area contributed by atoms with Crippen LogP contribution in [0.1, 0.15) is 27.3 Å². The third-order valence-corrected chi connectivity index (χ3v) is 4.65. The van der Waals surface area contributed by atoms with Gasteiger partial charge in [-0.05, 0) is 42.8 Å². The molecule has 1 aromatic heterocycles. The molecular weight excluding hydrogens is 425 g/mol. The quantitative estimate of drug-likeness (QED) is 0.546. The van der Waals surface area contributed by atoms with Crippen LogP contribution < -0.4 is 11.1 Å². The fourth-order valence-electron chi connectivity index (χ4n) is 3.11. The number of benzene rings is 2. The normalized spacial score (nSPS) is 12.2. The number of nitrogens with two attached hydrogens (primary N) is 1. The SMILES string of the molecule is Cc1cc(C(=O)N[C@@H](Cc2ccccc2)C(=O)C(N)=O)n(-c2ccc(C(F)(F)F)cc2)n1. The van der Waals surface area contributed by atoms with E-state index < -0.39 is 35.4 Å². The number of hydrogen-bond acceptors (Lipinski definition) is 4. The van der Waals surface area contributed by atoms with Crippen molar-refractivity contribution in [1.82, 2.24) is 15.1 Å². The summed E-state index contributed by atoms with van der Waals surface area (Å²) in [5.74, 6) is -2.90. The molecule has 0 radical (unpaired) electrons. The molecule has 166 valence electrons. The number of halogens is 3. The number of alkyl halides is 3. The maximum atomic E-state index is 12.9. The van der Waals surface area contributed by atoms with Crippen LogP contribution in [0.5, 0.6) is 0 Å². The van der Waals surface area contributed by atoms with Crippen molar-refractivity contribution < 1.29 is 27.6 Å². The van der Waals surface area contributed by atoms with Crippen LogP contribution in [0.15, 0.2) is 60.7 Å². The van der Waals surface area contributed by atoms with Gasteiger partial charge in [-0.1, -0.05) is 30.3 Å². The van der Waals surface area contributed by atoms with Gasteiger partial charge >= 0.3 is 6.18 Å². The van der Waals surface area contributed by atoms with Gasteiger partial charge in [0.1, 0.15) is 11.7 Å². The average Bonchev–Trinajstić information content (AvgIpc) is 3.14. The van der Waals surface area contributed by atoms with Crippen molar-refractivity contribution >= 4 is 17.6 Å². The van der Waals surface area contributed by atoms with Crippen LogP contribution in [0.2, 0.25) is 0 Å². The second-order valence-electron chi connectivity index (χ2n) is 7.07. The highest BCUT2D eigenvalue weighted by molar-refractivity contribution is 6.38. The molecule has 2 aromatic carbocycles. The molecule has 0 aliphatic heterocycles. The van der Waals surface area contributed by atoms with Crippen molar-refractivity contribution in [3.8, 4) is 5.69 Å². The summed E-state index contributed by atoms with van der Waals surface area (Å²) in [6.45, 7) is 1.60. The topological polar surface area (TPSA) is 107 Å². The van der Waals surface area contributed by atoms with E-state index in [1.807, 2.05) is 0 Å². The molecule has 1 atom stereocenters. The summed E-state index contributed by atoms with van der Waals surface area (Å²) >= 11 is 0. The number of primary amides is 1. The van der Waals surface area contributed by atoms with Gasteiger partial charge in [0, 0.05) is 6.42 Å². The Hall–Kier alpha value is -3.95. The number of Topliss-reactive ketones (excluding diaryl/α,β-unsaturated/α-hetero) is 1. The van der Waals surface area contributed by atoms with Crippen molar-refractivity contribution in [2.24, 2.45) is 5.73 Å². The minimum absolute atomic E-state index is 0.0161. The van der Waals surface area contributed by atoms with Crippen LogP contribution in [0.25, 0.3) is 5.69 Å². The number of aryl methyl sites for hydroxylation is 1. The molecule has 0 fully saturated rings. The number of nitrogens with one attached hydrogen (secondary N) is 1. The largest absolute Gasteiger partial charge is 0.416 e. The first kappa shape index (κ1) is 22.7. The predicted octanol–water partition coefficient (Wildman–Crippen LogP) is 2.60. The summed E-state index contributed by atoms with van der Waals surface area (Å²) < 4.78 is 39.7. The molecule has 0 aliphatic rings. The summed E-state index contributed by atoms with van der Waals surface area (Å²) in [5, 5.41) is 6.65. The summed E-state index contributed by atoms with van der Waals surface area (Å²) in [4.78, 5) is 36.7. The Bertz CT molecular complexity index is 1140. The van der Waals surface area contributed by atoms with E-state index in [4.69, 9.17) is 5.73 Å². The lowest BCUT2D eigenvalue weighted by atomic mass is 10.0. The third-order valence-electron chi connectivity index (χ3n) is 4.65. The van der Waals surface area contributed by atoms with Gasteiger partial charge < -0.3 is 11.1 Å². The van der Waals surface area contributed by atoms with Crippen molar-refractivity contribution in [2.45, 2.75) is 25.6 Å². The molecule has 0 spiro atoms. The summed E-state index contributed by atoms with van der Waals surface area (Å²) in [5.41, 5.74) is 5.61. The number of aromatic nitrogens is 2. The van der Waals surface area contributed by atoms with Gasteiger partial charge in [-0.25, -0.2) is 4.68 Å². The van der Waals surface area contributed by atoms with Crippen LogP contribution in [-0.4, -0.2) is 33.4 Å². The van der Waals surface area contributed by atoms with Crippen molar-refractivity contribution in [1.29, 1.82) is 0 Å². The molecule has 2 amide bonds. The molecule has 3 rings (SSSR count). The summed E-state index contributed by atoms with van der Waals surface area (Å²) in [7, 11) is 0. The molecule has 3 N–H and O–H groups in total. The lowest BCUT2D eigenvalue weighted by Crippen LogP contribution is -2.47. The van der Waals surface area contributed by atoms with E-state index in [2.05, 4.69) is 10.4 Å². The number of rotatable bonds is 7. The molecule has 32 heavy (non-hydrogen) atoms. The highest BCUT2D eigenvalue weighted by Gasteiger charge is 2.31. The van der Waals surface area contributed by atoms with Crippen LogP contribution in [0.4, 0.5) is 13.2 Å². The van der Waals surface area contributed by atoms with Gasteiger partial charge in [-0.3, -0.25) is 14.4 Å². The van der Waals surface area contributed by atoms with Gasteiger partial charge in [0.2, 0.25) is 5.78 Å².